The highest BCUT2D eigenvalue weighted by atomic mass is 35.5. The van der Waals surface area contributed by atoms with E-state index in [1.165, 1.54) is 5.56 Å². The topological polar surface area (TPSA) is 72.0 Å². The second-order valence-corrected chi connectivity index (χ2v) is 9.08. The molecule has 9 heteroatoms. The number of carbonyl (C=O) groups is 1. The second-order valence-electron chi connectivity index (χ2n) is 7.61. The highest BCUT2D eigenvalue weighted by Gasteiger charge is 2.44. The van der Waals surface area contributed by atoms with Gasteiger partial charge in [-0.2, -0.15) is 5.10 Å². The smallest absolute Gasteiger partial charge is 0.220 e. The molecule has 4 heterocycles. The van der Waals surface area contributed by atoms with Crippen molar-refractivity contribution in [3.63, 3.8) is 0 Å². The Hall–Kier alpha value is -2.55. The number of benzene rings is 1. The van der Waals surface area contributed by atoms with E-state index in [1.807, 2.05) is 35.8 Å². The summed E-state index contributed by atoms with van der Waals surface area (Å²) in [5.74, 6) is 0.944. The Labute approximate surface area is 184 Å². The zero-order chi connectivity index (χ0) is 20.5. The minimum absolute atomic E-state index is 0.0440. The minimum Gasteiger partial charge on any atom is -0.351 e. The molecule has 1 aromatic heterocycles. The van der Waals surface area contributed by atoms with Gasteiger partial charge in [-0.1, -0.05) is 29.8 Å². The second kappa shape index (κ2) is 8.29. The van der Waals surface area contributed by atoms with Crippen LogP contribution in [0.5, 0.6) is 0 Å². The molecule has 3 aliphatic rings. The number of amides is 1. The summed E-state index contributed by atoms with van der Waals surface area (Å²) < 4.78 is 0. The Balaban J connectivity index is 1.16. The van der Waals surface area contributed by atoms with Gasteiger partial charge in [0.1, 0.15) is 12.0 Å². The van der Waals surface area contributed by atoms with E-state index < -0.39 is 0 Å². The van der Waals surface area contributed by atoms with Gasteiger partial charge < -0.3 is 15.2 Å². The lowest BCUT2D eigenvalue weighted by Crippen LogP contribution is -2.54. The molecule has 1 amide bonds. The Morgan fingerprint density at radius 3 is 2.93 bits per heavy atom. The largest absolute Gasteiger partial charge is 0.351 e. The van der Waals surface area contributed by atoms with Crippen LogP contribution in [0.4, 0.5) is 0 Å². The maximum atomic E-state index is 12.2. The number of nitrogens with one attached hydrogen (secondary N) is 3. The first-order valence-corrected chi connectivity index (χ1v) is 11.3. The van der Waals surface area contributed by atoms with E-state index in [-0.39, 0.29) is 24.2 Å². The number of halogens is 1. The van der Waals surface area contributed by atoms with Crippen LogP contribution in [-0.2, 0) is 11.3 Å². The molecular formula is C21H23ClN6OS. The standard InChI is InChI=1S/C21H23ClN6OS/c22-15-5-3-14(4-6-15)17-12-18-21-25-24-19(27(21)9-10-28(18)26-17)7-8-20(29)23-13-16-2-1-11-30-16/h1-6,9-11,17-18,21,25-26H,7-8,12-13H2,(H,23,29). The molecule has 3 N–H and O–H groups in total. The summed E-state index contributed by atoms with van der Waals surface area (Å²) in [6.07, 6.45) is 6.11. The van der Waals surface area contributed by atoms with Crippen LogP contribution in [0.15, 0.2) is 59.3 Å². The molecule has 5 rings (SSSR count). The Kier molecular flexibility index (Phi) is 5.37. The third kappa shape index (κ3) is 3.90. The number of amidine groups is 1. The number of hydrogen-bond acceptors (Lipinski definition) is 7. The Morgan fingerprint density at radius 1 is 1.27 bits per heavy atom. The highest BCUT2D eigenvalue weighted by molar-refractivity contribution is 7.09. The predicted molar refractivity (Wildman–Crippen MR) is 118 cm³/mol. The van der Waals surface area contributed by atoms with Crippen molar-refractivity contribution in [3.05, 3.63) is 69.6 Å². The van der Waals surface area contributed by atoms with Crippen LogP contribution in [0.25, 0.3) is 0 Å². The first-order valence-electron chi connectivity index (χ1n) is 10.1. The van der Waals surface area contributed by atoms with Crippen molar-refractivity contribution in [2.24, 2.45) is 5.10 Å². The van der Waals surface area contributed by atoms with Crippen molar-refractivity contribution in [1.29, 1.82) is 0 Å². The molecule has 1 aromatic carbocycles. The average molecular weight is 443 g/mol. The van der Waals surface area contributed by atoms with E-state index in [0.717, 1.165) is 22.2 Å². The molecule has 0 radical (unpaired) electrons. The minimum atomic E-state index is 0.0440. The van der Waals surface area contributed by atoms with Crippen molar-refractivity contribution in [2.45, 2.75) is 44.1 Å². The van der Waals surface area contributed by atoms with Gasteiger partial charge in [0.15, 0.2) is 0 Å². The van der Waals surface area contributed by atoms with Crippen molar-refractivity contribution in [1.82, 2.24) is 26.1 Å². The molecule has 1 saturated heterocycles. The molecule has 0 spiro atoms. The van der Waals surface area contributed by atoms with Gasteiger partial charge in [0.25, 0.3) is 0 Å². The number of fused-ring (bicyclic) bond motifs is 3. The molecule has 7 nitrogen and oxygen atoms in total. The van der Waals surface area contributed by atoms with Gasteiger partial charge in [-0.25, -0.2) is 5.43 Å². The monoisotopic (exact) mass is 442 g/mol. The van der Waals surface area contributed by atoms with Gasteiger partial charge >= 0.3 is 0 Å². The van der Waals surface area contributed by atoms with Crippen LogP contribution >= 0.6 is 22.9 Å². The molecule has 0 saturated carbocycles. The van der Waals surface area contributed by atoms with Gasteiger partial charge in [-0.15, -0.1) is 11.3 Å². The third-order valence-corrected chi connectivity index (χ3v) is 6.83. The zero-order valence-electron chi connectivity index (χ0n) is 16.3. The summed E-state index contributed by atoms with van der Waals surface area (Å²) in [7, 11) is 0. The lowest BCUT2D eigenvalue weighted by Gasteiger charge is -2.37. The first kappa shape index (κ1) is 19.4. The van der Waals surface area contributed by atoms with Crippen molar-refractivity contribution in [3.8, 4) is 0 Å². The fraction of sp³-hybridized carbons (Fsp3) is 0.333. The van der Waals surface area contributed by atoms with Crippen LogP contribution in [0.2, 0.25) is 5.02 Å². The third-order valence-electron chi connectivity index (χ3n) is 5.70. The fourth-order valence-electron chi connectivity index (χ4n) is 4.14. The van der Waals surface area contributed by atoms with Crippen LogP contribution in [0.3, 0.4) is 0 Å². The summed E-state index contributed by atoms with van der Waals surface area (Å²) in [5, 5.41) is 12.4. The van der Waals surface area contributed by atoms with Gasteiger partial charge in [-0.3, -0.25) is 10.2 Å². The maximum Gasteiger partial charge on any atom is 0.220 e. The molecule has 3 aliphatic heterocycles. The van der Waals surface area contributed by atoms with Crippen LogP contribution in [0.1, 0.15) is 35.7 Å². The van der Waals surface area contributed by atoms with Crippen molar-refractivity contribution >= 4 is 34.7 Å². The Morgan fingerprint density at radius 2 is 2.13 bits per heavy atom. The summed E-state index contributed by atoms with van der Waals surface area (Å²) in [5.41, 5.74) is 8.05. The highest BCUT2D eigenvalue weighted by Crippen LogP contribution is 2.34. The number of hydrogen-bond donors (Lipinski definition) is 3. The zero-order valence-corrected chi connectivity index (χ0v) is 17.9. The first-order chi connectivity index (χ1) is 14.7. The molecule has 0 bridgehead atoms. The van der Waals surface area contributed by atoms with E-state index >= 15 is 0 Å². The van der Waals surface area contributed by atoms with E-state index in [4.69, 9.17) is 11.6 Å². The van der Waals surface area contributed by atoms with E-state index in [1.54, 1.807) is 11.3 Å². The van der Waals surface area contributed by atoms with Gasteiger partial charge in [0.2, 0.25) is 5.91 Å². The van der Waals surface area contributed by atoms with Crippen molar-refractivity contribution < 1.29 is 4.79 Å². The fourth-order valence-corrected chi connectivity index (χ4v) is 4.91. The van der Waals surface area contributed by atoms with Crippen molar-refractivity contribution in [2.75, 3.05) is 0 Å². The van der Waals surface area contributed by atoms with E-state index in [2.05, 4.69) is 49.5 Å². The molecule has 3 unspecified atom stereocenters. The van der Waals surface area contributed by atoms with Crippen LogP contribution in [0, 0.1) is 0 Å². The maximum absolute atomic E-state index is 12.2. The van der Waals surface area contributed by atoms with Gasteiger partial charge in [-0.05, 0) is 35.6 Å². The summed E-state index contributed by atoms with van der Waals surface area (Å²) in [6, 6.07) is 12.5. The molecule has 3 atom stereocenters. The van der Waals surface area contributed by atoms with E-state index in [9.17, 15) is 4.79 Å². The number of hydrazine groups is 1. The summed E-state index contributed by atoms with van der Waals surface area (Å²) in [6.45, 7) is 0.586. The summed E-state index contributed by atoms with van der Waals surface area (Å²) >= 11 is 7.67. The van der Waals surface area contributed by atoms with Crippen LogP contribution < -0.4 is 16.2 Å². The van der Waals surface area contributed by atoms with Gasteiger partial charge in [0, 0.05) is 35.1 Å². The molecule has 30 heavy (non-hydrogen) atoms. The number of rotatable bonds is 6. The number of nitrogens with zero attached hydrogens (tertiary/aromatic N) is 3. The number of hydrazone groups is 1. The lowest BCUT2D eigenvalue weighted by molar-refractivity contribution is -0.121. The average Bonchev–Trinajstić information content (AvgIpc) is 3.50. The number of thiophene rings is 1. The molecule has 156 valence electrons. The molecule has 1 fully saturated rings. The molecule has 0 aliphatic carbocycles. The molecule has 2 aromatic rings. The van der Waals surface area contributed by atoms with E-state index in [0.29, 0.717) is 19.4 Å². The quantitative estimate of drug-likeness (QED) is 0.641. The lowest BCUT2D eigenvalue weighted by atomic mass is 9.99. The Bertz CT molecular complexity index is 960. The van der Waals surface area contributed by atoms with Gasteiger partial charge in [0.05, 0.1) is 18.6 Å². The predicted octanol–water partition coefficient (Wildman–Crippen LogP) is 3.15. The SMILES string of the molecule is O=C(CCC1=NNC2C3CC(c4ccc(Cl)cc4)NN3C=CN12)NCc1cccs1. The van der Waals surface area contributed by atoms with Crippen LogP contribution in [-0.4, -0.2) is 33.9 Å². The normalized spacial score (nSPS) is 24.3. The number of carbonyl (C=O) groups excluding carboxylic acids is 1. The summed E-state index contributed by atoms with van der Waals surface area (Å²) in [4.78, 5) is 15.5. The molecular weight excluding hydrogens is 420 g/mol.